The molecule has 2 aromatic carbocycles. The molecule has 0 radical (unpaired) electrons. The third kappa shape index (κ3) is 4.99. The van der Waals surface area contributed by atoms with E-state index in [2.05, 4.69) is 15.3 Å². The number of aliphatic hydroxyl groups excluding tert-OH is 1. The Hall–Kier alpha value is -2.99. The van der Waals surface area contributed by atoms with Gasteiger partial charge in [0.15, 0.2) is 0 Å². The summed E-state index contributed by atoms with van der Waals surface area (Å²) in [6.07, 6.45) is 2.41. The Balaban J connectivity index is 1.55. The van der Waals surface area contributed by atoms with Crippen molar-refractivity contribution < 1.29 is 14.2 Å². The summed E-state index contributed by atoms with van der Waals surface area (Å²) < 4.78 is 18.5. The maximum Gasteiger partial charge on any atom is 0.225 e. The lowest BCUT2D eigenvalue weighted by molar-refractivity contribution is 0.282. The molecule has 5 nitrogen and oxygen atoms in total. The zero-order chi connectivity index (χ0) is 17.5. The van der Waals surface area contributed by atoms with Crippen LogP contribution in [0.2, 0.25) is 0 Å². The molecule has 0 saturated heterocycles. The highest BCUT2D eigenvalue weighted by molar-refractivity contribution is 5.32. The SMILES string of the molecule is OCc1ccc(CCNc2nccc(Oc3ccc(F)cc3)n2)cc1. The summed E-state index contributed by atoms with van der Waals surface area (Å²) in [7, 11) is 0. The Labute approximate surface area is 145 Å². The van der Waals surface area contributed by atoms with Gasteiger partial charge in [-0.25, -0.2) is 9.37 Å². The number of hydrogen-bond acceptors (Lipinski definition) is 5. The first-order chi connectivity index (χ1) is 12.2. The van der Waals surface area contributed by atoms with E-state index in [1.807, 2.05) is 24.3 Å². The molecule has 0 aliphatic heterocycles. The third-order valence-corrected chi connectivity index (χ3v) is 3.57. The highest BCUT2D eigenvalue weighted by Crippen LogP contribution is 2.20. The molecule has 0 amide bonds. The maximum absolute atomic E-state index is 12.9. The fourth-order valence-corrected chi connectivity index (χ4v) is 2.24. The number of nitrogens with one attached hydrogen (secondary N) is 1. The molecule has 3 rings (SSSR count). The average molecular weight is 339 g/mol. The van der Waals surface area contributed by atoms with Gasteiger partial charge in [0.25, 0.3) is 0 Å². The van der Waals surface area contributed by atoms with Gasteiger partial charge in [-0.15, -0.1) is 0 Å². The van der Waals surface area contributed by atoms with Crippen LogP contribution in [0, 0.1) is 5.82 Å². The van der Waals surface area contributed by atoms with Crippen molar-refractivity contribution in [2.75, 3.05) is 11.9 Å². The first kappa shape index (κ1) is 16.9. The second kappa shape index (κ2) is 8.21. The van der Waals surface area contributed by atoms with E-state index in [9.17, 15) is 4.39 Å². The van der Waals surface area contributed by atoms with E-state index in [-0.39, 0.29) is 12.4 Å². The van der Waals surface area contributed by atoms with Crippen LogP contribution in [-0.4, -0.2) is 21.6 Å². The number of benzene rings is 2. The van der Waals surface area contributed by atoms with Gasteiger partial charge >= 0.3 is 0 Å². The molecule has 0 spiro atoms. The average Bonchev–Trinajstić information content (AvgIpc) is 2.65. The van der Waals surface area contributed by atoms with Crippen LogP contribution in [0.4, 0.5) is 10.3 Å². The van der Waals surface area contributed by atoms with Gasteiger partial charge in [0.1, 0.15) is 11.6 Å². The number of nitrogens with zero attached hydrogens (tertiary/aromatic N) is 2. The van der Waals surface area contributed by atoms with Crippen LogP contribution in [0.25, 0.3) is 0 Å². The van der Waals surface area contributed by atoms with E-state index in [0.29, 0.717) is 24.1 Å². The summed E-state index contributed by atoms with van der Waals surface area (Å²) in [6, 6.07) is 15.2. The lowest BCUT2D eigenvalue weighted by atomic mass is 10.1. The molecular formula is C19H18FN3O2. The van der Waals surface area contributed by atoms with Crippen molar-refractivity contribution in [1.82, 2.24) is 9.97 Å². The minimum Gasteiger partial charge on any atom is -0.439 e. The molecule has 0 aliphatic carbocycles. The predicted molar refractivity (Wildman–Crippen MR) is 93.1 cm³/mol. The van der Waals surface area contributed by atoms with Gasteiger partial charge in [-0.3, -0.25) is 0 Å². The van der Waals surface area contributed by atoms with E-state index >= 15 is 0 Å². The molecule has 1 aromatic heterocycles. The second-order valence-electron chi connectivity index (χ2n) is 5.43. The van der Waals surface area contributed by atoms with Gasteiger partial charge in [-0.2, -0.15) is 4.98 Å². The first-order valence-electron chi connectivity index (χ1n) is 7.92. The molecule has 0 atom stereocenters. The molecule has 128 valence electrons. The van der Waals surface area contributed by atoms with E-state index < -0.39 is 0 Å². The Morgan fingerprint density at radius 2 is 1.68 bits per heavy atom. The van der Waals surface area contributed by atoms with Crippen molar-refractivity contribution in [3.05, 3.63) is 77.7 Å². The molecule has 0 aliphatic rings. The highest BCUT2D eigenvalue weighted by Gasteiger charge is 2.02. The molecular weight excluding hydrogens is 321 g/mol. The number of aliphatic hydroxyl groups is 1. The summed E-state index contributed by atoms with van der Waals surface area (Å²) in [4.78, 5) is 8.44. The fourth-order valence-electron chi connectivity index (χ4n) is 2.24. The lowest BCUT2D eigenvalue weighted by Crippen LogP contribution is -2.08. The van der Waals surface area contributed by atoms with Crippen LogP contribution in [0.15, 0.2) is 60.8 Å². The smallest absolute Gasteiger partial charge is 0.225 e. The van der Waals surface area contributed by atoms with E-state index in [1.165, 1.54) is 12.1 Å². The van der Waals surface area contributed by atoms with Crippen LogP contribution in [0.3, 0.4) is 0 Å². The summed E-state index contributed by atoms with van der Waals surface area (Å²) >= 11 is 0. The van der Waals surface area contributed by atoms with Crippen LogP contribution in [0.5, 0.6) is 11.6 Å². The molecule has 0 fully saturated rings. The van der Waals surface area contributed by atoms with Crippen LogP contribution >= 0.6 is 0 Å². The van der Waals surface area contributed by atoms with E-state index in [4.69, 9.17) is 9.84 Å². The minimum absolute atomic E-state index is 0.0488. The molecule has 0 saturated carbocycles. The molecule has 1 heterocycles. The van der Waals surface area contributed by atoms with Crippen LogP contribution in [0.1, 0.15) is 11.1 Å². The predicted octanol–water partition coefficient (Wildman–Crippen LogP) is 3.55. The zero-order valence-electron chi connectivity index (χ0n) is 13.5. The number of aromatic nitrogens is 2. The lowest BCUT2D eigenvalue weighted by Gasteiger charge is -2.08. The fraction of sp³-hybridized carbons (Fsp3) is 0.158. The summed E-state index contributed by atoms with van der Waals surface area (Å²) in [6.45, 7) is 0.714. The first-order valence-corrected chi connectivity index (χ1v) is 7.92. The quantitative estimate of drug-likeness (QED) is 0.689. The minimum atomic E-state index is -0.315. The second-order valence-corrected chi connectivity index (χ2v) is 5.43. The standard InChI is InChI=1S/C19H18FN3O2/c20-16-5-7-17(8-6-16)25-18-10-12-22-19(23-18)21-11-9-14-1-3-15(13-24)4-2-14/h1-8,10,12,24H,9,11,13H2,(H,21,22,23). The Morgan fingerprint density at radius 3 is 2.40 bits per heavy atom. The summed E-state index contributed by atoms with van der Waals surface area (Å²) in [5.74, 6) is 1.04. The highest BCUT2D eigenvalue weighted by atomic mass is 19.1. The van der Waals surface area contributed by atoms with Gasteiger partial charge in [-0.05, 0) is 41.8 Å². The van der Waals surface area contributed by atoms with Gasteiger partial charge < -0.3 is 15.2 Å². The largest absolute Gasteiger partial charge is 0.439 e. The van der Waals surface area contributed by atoms with Crippen LogP contribution in [-0.2, 0) is 13.0 Å². The van der Waals surface area contributed by atoms with Gasteiger partial charge in [0.05, 0.1) is 6.61 Å². The summed E-state index contributed by atoms with van der Waals surface area (Å²) in [5, 5.41) is 12.2. The van der Waals surface area contributed by atoms with E-state index in [0.717, 1.165) is 17.5 Å². The Bertz CT molecular complexity index is 808. The van der Waals surface area contributed by atoms with Crippen molar-refractivity contribution in [2.24, 2.45) is 0 Å². The Kier molecular flexibility index (Phi) is 5.53. The van der Waals surface area contributed by atoms with E-state index in [1.54, 1.807) is 24.4 Å². The number of halogens is 1. The number of ether oxygens (including phenoxy) is 1. The van der Waals surface area contributed by atoms with Crippen molar-refractivity contribution in [3.8, 4) is 11.6 Å². The molecule has 6 heteroatoms. The van der Waals surface area contributed by atoms with Gasteiger partial charge in [0.2, 0.25) is 11.8 Å². The van der Waals surface area contributed by atoms with Crippen molar-refractivity contribution in [1.29, 1.82) is 0 Å². The van der Waals surface area contributed by atoms with Crippen molar-refractivity contribution in [3.63, 3.8) is 0 Å². The number of rotatable bonds is 7. The third-order valence-electron chi connectivity index (χ3n) is 3.57. The molecule has 25 heavy (non-hydrogen) atoms. The Morgan fingerprint density at radius 1 is 0.960 bits per heavy atom. The van der Waals surface area contributed by atoms with Gasteiger partial charge in [-0.1, -0.05) is 24.3 Å². The molecule has 3 aromatic rings. The zero-order valence-corrected chi connectivity index (χ0v) is 13.5. The normalized spacial score (nSPS) is 10.5. The van der Waals surface area contributed by atoms with Crippen molar-refractivity contribution >= 4 is 5.95 Å². The van der Waals surface area contributed by atoms with Crippen LogP contribution < -0.4 is 10.1 Å². The van der Waals surface area contributed by atoms with Gasteiger partial charge in [0, 0.05) is 18.8 Å². The molecule has 0 unspecified atom stereocenters. The molecule has 2 N–H and O–H groups in total. The number of anilines is 1. The maximum atomic E-state index is 12.9. The molecule has 0 bridgehead atoms. The topological polar surface area (TPSA) is 67.3 Å². The monoisotopic (exact) mass is 339 g/mol. The van der Waals surface area contributed by atoms with Crippen molar-refractivity contribution in [2.45, 2.75) is 13.0 Å². The number of hydrogen-bond donors (Lipinski definition) is 2. The summed E-state index contributed by atoms with van der Waals surface area (Å²) in [5.41, 5.74) is 2.05.